The van der Waals surface area contributed by atoms with Gasteiger partial charge in [0.2, 0.25) is 0 Å². The summed E-state index contributed by atoms with van der Waals surface area (Å²) in [4.78, 5) is 5.78. The first-order valence-electron chi connectivity index (χ1n) is 18.2. The Labute approximate surface area is 315 Å². The minimum atomic E-state index is 0.321. The lowest BCUT2D eigenvalue weighted by Crippen LogP contribution is -2.11. The fourth-order valence-corrected chi connectivity index (χ4v) is 8.61. The Bertz CT molecular complexity index is 3310. The summed E-state index contributed by atoms with van der Waals surface area (Å²) in [5, 5.41) is 27.1. The first-order valence-corrected chi connectivity index (χ1v) is 18.2. The molecule has 0 N–H and O–H groups in total. The lowest BCUT2D eigenvalue weighted by molar-refractivity contribution is 0.985. The van der Waals surface area contributed by atoms with Crippen molar-refractivity contribution < 1.29 is 0 Å². The molecule has 0 fully saturated rings. The van der Waals surface area contributed by atoms with Gasteiger partial charge >= 0.3 is 0 Å². The lowest BCUT2D eigenvalue weighted by atomic mass is 9.98. The van der Waals surface area contributed by atoms with Gasteiger partial charge in [-0.2, -0.15) is 10.5 Å². The van der Waals surface area contributed by atoms with Crippen LogP contribution < -0.4 is 0 Å². The summed E-state index contributed by atoms with van der Waals surface area (Å²) >= 11 is 0. The molecule has 0 atom stereocenters. The molecule has 55 heavy (non-hydrogen) atoms. The fourth-order valence-electron chi connectivity index (χ4n) is 8.61. The van der Waals surface area contributed by atoms with Gasteiger partial charge in [0.1, 0.15) is 18.0 Å². The van der Waals surface area contributed by atoms with Crippen LogP contribution in [0.2, 0.25) is 0 Å². The quantitative estimate of drug-likeness (QED) is 0.183. The van der Waals surface area contributed by atoms with Crippen LogP contribution in [-0.4, -0.2) is 18.7 Å². The van der Waals surface area contributed by atoms with Gasteiger partial charge in [-0.15, -0.1) is 0 Å². The third-order valence-corrected chi connectivity index (χ3v) is 10.9. The Morgan fingerprint density at radius 1 is 0.382 bits per heavy atom. The summed E-state index contributed by atoms with van der Waals surface area (Å²) in [5.41, 5.74) is 9.40. The van der Waals surface area contributed by atoms with E-state index < -0.39 is 0 Å². The maximum atomic E-state index is 10.3. The minimum Gasteiger partial charge on any atom is -0.305 e. The highest BCUT2D eigenvalue weighted by molar-refractivity contribution is 6.13. The number of rotatable bonds is 4. The molecule has 0 saturated heterocycles. The van der Waals surface area contributed by atoms with E-state index in [1.165, 1.54) is 0 Å². The molecule has 0 amide bonds. The van der Waals surface area contributed by atoms with Crippen LogP contribution in [0.15, 0.2) is 170 Å². The van der Waals surface area contributed by atoms with E-state index in [1.807, 2.05) is 12.1 Å². The Balaban J connectivity index is 1.40. The predicted molar refractivity (Wildman–Crippen MR) is 222 cm³/mol. The third kappa shape index (κ3) is 4.37. The molecule has 0 saturated carbocycles. The molecule has 11 rings (SSSR count). The number of para-hydroxylation sites is 6. The summed E-state index contributed by atoms with van der Waals surface area (Å²) in [5.74, 6) is 1.47. The average Bonchev–Trinajstić information content (AvgIpc) is 3.89. The largest absolute Gasteiger partial charge is 0.305 e. The molecule has 0 aliphatic carbocycles. The maximum absolute atomic E-state index is 10.3. The van der Waals surface area contributed by atoms with Crippen LogP contribution in [0.1, 0.15) is 11.1 Å². The van der Waals surface area contributed by atoms with E-state index in [-0.39, 0.29) is 0 Å². The summed E-state index contributed by atoms with van der Waals surface area (Å²) in [6, 6.07) is 63.1. The highest BCUT2D eigenvalue weighted by atomic mass is 15.2. The van der Waals surface area contributed by atoms with E-state index in [1.54, 1.807) is 6.07 Å². The summed E-state index contributed by atoms with van der Waals surface area (Å²) in [6.07, 6.45) is 0. The van der Waals surface area contributed by atoms with Crippen molar-refractivity contribution in [3.05, 3.63) is 181 Å². The molecule has 4 aromatic heterocycles. The number of hydrogen-bond donors (Lipinski definition) is 0. The van der Waals surface area contributed by atoms with Crippen LogP contribution in [0, 0.1) is 22.7 Å². The van der Waals surface area contributed by atoms with Gasteiger partial charge in [0.05, 0.1) is 49.9 Å². The van der Waals surface area contributed by atoms with E-state index in [2.05, 4.69) is 177 Å². The van der Waals surface area contributed by atoms with Crippen molar-refractivity contribution in [3.8, 4) is 40.6 Å². The lowest BCUT2D eigenvalue weighted by Gasteiger charge is -2.22. The van der Waals surface area contributed by atoms with Gasteiger partial charge in [0, 0.05) is 37.9 Å². The molecule has 0 radical (unpaired) electrons. The van der Waals surface area contributed by atoms with Gasteiger partial charge in [-0.3, -0.25) is 9.13 Å². The Morgan fingerprint density at radius 2 is 0.764 bits per heavy atom. The molecule has 11 aromatic rings. The maximum Gasteiger partial charge on any atom is 0.165 e. The van der Waals surface area contributed by atoms with E-state index in [0.717, 1.165) is 93.9 Å². The molecule has 4 heterocycles. The Hall–Kier alpha value is -7.93. The molecule has 0 aliphatic rings. The van der Waals surface area contributed by atoms with Crippen molar-refractivity contribution in [2.24, 2.45) is 0 Å². The zero-order valence-corrected chi connectivity index (χ0v) is 29.3. The van der Waals surface area contributed by atoms with Crippen molar-refractivity contribution in [2.45, 2.75) is 0 Å². The number of aromatic nitrogens is 4. The second kappa shape index (κ2) is 11.8. The van der Waals surface area contributed by atoms with E-state index >= 15 is 0 Å². The number of pyridine rings is 1. The van der Waals surface area contributed by atoms with Crippen LogP contribution >= 0.6 is 0 Å². The average molecular weight is 701 g/mol. The van der Waals surface area contributed by atoms with Crippen molar-refractivity contribution in [1.29, 1.82) is 10.5 Å². The molecule has 6 nitrogen and oxygen atoms in total. The molecule has 6 heteroatoms. The van der Waals surface area contributed by atoms with Crippen molar-refractivity contribution >= 4 is 65.4 Å². The molecule has 254 valence electrons. The smallest absolute Gasteiger partial charge is 0.165 e. The van der Waals surface area contributed by atoms with Crippen LogP contribution in [0.5, 0.6) is 0 Å². The van der Waals surface area contributed by atoms with E-state index in [9.17, 15) is 10.5 Å². The molecule has 0 aliphatic heterocycles. The first-order chi connectivity index (χ1) is 27.2. The Morgan fingerprint density at radius 3 is 1.18 bits per heavy atom. The summed E-state index contributed by atoms with van der Waals surface area (Å²) < 4.78 is 6.86. The highest BCUT2D eigenvalue weighted by Crippen LogP contribution is 2.43. The minimum absolute atomic E-state index is 0.321. The number of nitriles is 2. The number of benzene rings is 7. The normalized spacial score (nSPS) is 11.6. The second-order valence-corrected chi connectivity index (χ2v) is 13.8. The standard InChI is InChI=1S/C49H28N6/c50-29-32-26-25-31(27-33(32)30-51)40-28-47(53-41-19-7-1-13-34(41)35-14-2-8-20-42(35)53)52-49(55-45-23-11-5-17-38(45)39-18-6-12-24-46(39)55)48(40)54-43-21-9-3-15-36(43)37-16-4-10-22-44(37)54/h1-28H. The van der Waals surface area contributed by atoms with Crippen LogP contribution in [0.4, 0.5) is 0 Å². The number of hydrogen-bond acceptors (Lipinski definition) is 3. The number of nitrogens with zero attached hydrogens (tertiary/aromatic N) is 6. The topological polar surface area (TPSA) is 75.3 Å². The monoisotopic (exact) mass is 700 g/mol. The van der Waals surface area contributed by atoms with Gasteiger partial charge < -0.3 is 4.57 Å². The Kier molecular flexibility index (Phi) is 6.58. The first kappa shape index (κ1) is 30.7. The zero-order valence-electron chi connectivity index (χ0n) is 29.3. The SMILES string of the molecule is N#Cc1ccc(-c2cc(-n3c4ccccc4c4ccccc43)nc(-n3c4ccccc4c4ccccc43)c2-n2c3ccccc3c3ccccc32)cc1C#N. The van der Waals surface area contributed by atoms with Gasteiger partial charge in [0.25, 0.3) is 0 Å². The van der Waals surface area contributed by atoms with E-state index in [0.29, 0.717) is 11.1 Å². The van der Waals surface area contributed by atoms with Crippen molar-refractivity contribution in [3.63, 3.8) is 0 Å². The second-order valence-electron chi connectivity index (χ2n) is 13.8. The third-order valence-electron chi connectivity index (χ3n) is 10.9. The highest BCUT2D eigenvalue weighted by Gasteiger charge is 2.26. The zero-order chi connectivity index (χ0) is 36.6. The van der Waals surface area contributed by atoms with E-state index in [4.69, 9.17) is 4.98 Å². The summed E-state index contributed by atoms with van der Waals surface area (Å²) in [6.45, 7) is 0. The van der Waals surface area contributed by atoms with Crippen LogP contribution in [-0.2, 0) is 0 Å². The molecule has 0 bridgehead atoms. The van der Waals surface area contributed by atoms with Crippen molar-refractivity contribution in [1.82, 2.24) is 18.7 Å². The van der Waals surface area contributed by atoms with Gasteiger partial charge in [-0.1, -0.05) is 115 Å². The van der Waals surface area contributed by atoms with Gasteiger partial charge in [-0.25, -0.2) is 4.98 Å². The number of fused-ring (bicyclic) bond motifs is 9. The summed E-state index contributed by atoms with van der Waals surface area (Å²) in [7, 11) is 0. The molecule has 0 unspecified atom stereocenters. The molecule has 7 aromatic carbocycles. The molecular formula is C49H28N6. The predicted octanol–water partition coefficient (Wildman–Crippen LogP) is 11.8. The van der Waals surface area contributed by atoms with Crippen LogP contribution in [0.25, 0.3) is 93.9 Å². The molecular weight excluding hydrogens is 673 g/mol. The van der Waals surface area contributed by atoms with Crippen molar-refractivity contribution in [2.75, 3.05) is 0 Å². The van der Waals surface area contributed by atoms with Crippen LogP contribution in [0.3, 0.4) is 0 Å². The molecule has 0 spiro atoms. The van der Waals surface area contributed by atoms with Gasteiger partial charge in [-0.05, 0) is 60.2 Å². The van der Waals surface area contributed by atoms with Gasteiger partial charge in [0.15, 0.2) is 5.82 Å². The fraction of sp³-hybridized carbons (Fsp3) is 0.